The summed E-state index contributed by atoms with van der Waals surface area (Å²) in [5.74, 6) is 2.22. The summed E-state index contributed by atoms with van der Waals surface area (Å²) in [4.78, 5) is 19.3. The number of hydrogen-bond acceptors (Lipinski definition) is 9. The van der Waals surface area contributed by atoms with Crippen molar-refractivity contribution in [3.8, 4) is 17.0 Å². The maximum absolute atomic E-state index is 9.74. The van der Waals surface area contributed by atoms with Crippen molar-refractivity contribution in [2.24, 2.45) is 0 Å². The fourth-order valence-electron chi connectivity index (χ4n) is 4.70. The van der Waals surface area contributed by atoms with Crippen LogP contribution in [0, 0.1) is 0 Å². The third kappa shape index (κ3) is 4.51. The summed E-state index contributed by atoms with van der Waals surface area (Å²) in [7, 11) is 1.60. The quantitative estimate of drug-likeness (QED) is 0.610. The van der Waals surface area contributed by atoms with Crippen molar-refractivity contribution in [3.05, 3.63) is 35.9 Å². The van der Waals surface area contributed by atoms with Gasteiger partial charge in [-0.05, 0) is 44.2 Å². The standard InChI is InChI=1S/C25H31N5O4/c1-16-13-30(14-17(2)34-16)25-27-23-20(24(28-25)29-8-10-33-11-9-29)5-6-21(26-23)18-4-7-22(32-3)19(12-18)15-31/h4-7,12,16-17,31H,8-11,13-15H2,1-3H3/t16-,17-/m1/s1. The van der Waals surface area contributed by atoms with E-state index in [1.165, 1.54) is 0 Å². The molecule has 2 fully saturated rings. The molecule has 0 radical (unpaired) electrons. The second kappa shape index (κ2) is 9.69. The summed E-state index contributed by atoms with van der Waals surface area (Å²) < 4.78 is 16.8. The number of aliphatic hydroxyl groups excluding tert-OH is 1. The van der Waals surface area contributed by atoms with E-state index in [4.69, 9.17) is 29.2 Å². The predicted molar refractivity (Wildman–Crippen MR) is 130 cm³/mol. The molecule has 2 aromatic heterocycles. The number of anilines is 2. The number of aromatic nitrogens is 3. The second-order valence-electron chi connectivity index (χ2n) is 8.86. The number of fused-ring (bicyclic) bond motifs is 1. The van der Waals surface area contributed by atoms with Crippen LogP contribution in [0.2, 0.25) is 0 Å². The fourth-order valence-corrected chi connectivity index (χ4v) is 4.70. The first kappa shape index (κ1) is 22.8. The number of ether oxygens (including phenoxy) is 3. The Hall–Kier alpha value is -3.01. The van der Waals surface area contributed by atoms with Crippen LogP contribution >= 0.6 is 0 Å². The smallest absolute Gasteiger partial charge is 0.229 e. The number of methoxy groups -OCH3 is 1. The zero-order valence-corrected chi connectivity index (χ0v) is 19.9. The Morgan fingerprint density at radius 3 is 2.47 bits per heavy atom. The van der Waals surface area contributed by atoms with Gasteiger partial charge in [-0.1, -0.05) is 0 Å². The van der Waals surface area contributed by atoms with Crippen molar-refractivity contribution in [1.82, 2.24) is 15.0 Å². The van der Waals surface area contributed by atoms with E-state index in [1.807, 2.05) is 30.3 Å². The van der Waals surface area contributed by atoms with Crippen molar-refractivity contribution in [1.29, 1.82) is 0 Å². The second-order valence-corrected chi connectivity index (χ2v) is 8.86. The topological polar surface area (TPSA) is 93.1 Å². The highest BCUT2D eigenvalue weighted by molar-refractivity contribution is 5.90. The average Bonchev–Trinajstić information content (AvgIpc) is 2.87. The summed E-state index contributed by atoms with van der Waals surface area (Å²) in [6.07, 6.45) is 0.204. The van der Waals surface area contributed by atoms with Crippen LogP contribution in [0.3, 0.4) is 0 Å². The highest BCUT2D eigenvalue weighted by Gasteiger charge is 2.26. The van der Waals surface area contributed by atoms with Gasteiger partial charge in [0.25, 0.3) is 0 Å². The summed E-state index contributed by atoms with van der Waals surface area (Å²) in [6, 6.07) is 9.73. The minimum absolute atomic E-state index is 0.102. The Kier molecular flexibility index (Phi) is 6.49. The molecule has 9 heteroatoms. The van der Waals surface area contributed by atoms with Crippen molar-refractivity contribution in [2.75, 3.05) is 56.3 Å². The lowest BCUT2D eigenvalue weighted by molar-refractivity contribution is -0.00570. The Labute approximate surface area is 199 Å². The van der Waals surface area contributed by atoms with Crippen LogP contribution in [-0.2, 0) is 16.1 Å². The van der Waals surface area contributed by atoms with Gasteiger partial charge in [0.2, 0.25) is 5.95 Å². The van der Waals surface area contributed by atoms with Gasteiger partial charge in [-0.2, -0.15) is 9.97 Å². The third-order valence-corrected chi connectivity index (χ3v) is 6.29. The minimum atomic E-state index is -0.106. The van der Waals surface area contributed by atoms with E-state index < -0.39 is 0 Å². The van der Waals surface area contributed by atoms with Gasteiger partial charge in [-0.15, -0.1) is 0 Å². The van der Waals surface area contributed by atoms with Crippen molar-refractivity contribution >= 4 is 22.8 Å². The number of aliphatic hydroxyl groups is 1. The Morgan fingerprint density at radius 1 is 1.00 bits per heavy atom. The highest BCUT2D eigenvalue weighted by atomic mass is 16.5. The Morgan fingerprint density at radius 2 is 1.76 bits per heavy atom. The number of nitrogens with zero attached hydrogens (tertiary/aromatic N) is 5. The van der Waals surface area contributed by atoms with Gasteiger partial charge in [0, 0.05) is 37.3 Å². The van der Waals surface area contributed by atoms with E-state index >= 15 is 0 Å². The van der Waals surface area contributed by atoms with Gasteiger partial charge in [0.15, 0.2) is 5.65 Å². The monoisotopic (exact) mass is 465 g/mol. The van der Waals surface area contributed by atoms with E-state index in [9.17, 15) is 5.11 Å². The first-order chi connectivity index (χ1) is 16.6. The molecule has 9 nitrogen and oxygen atoms in total. The number of hydrogen-bond donors (Lipinski definition) is 1. The van der Waals surface area contributed by atoms with Crippen LogP contribution < -0.4 is 14.5 Å². The normalized spacial score (nSPS) is 21.2. The summed E-state index contributed by atoms with van der Waals surface area (Å²) >= 11 is 0. The molecule has 0 bridgehead atoms. The molecule has 180 valence electrons. The minimum Gasteiger partial charge on any atom is -0.496 e. The predicted octanol–water partition coefficient (Wildman–Crippen LogP) is 2.64. The zero-order valence-electron chi connectivity index (χ0n) is 19.9. The number of pyridine rings is 1. The number of benzene rings is 1. The average molecular weight is 466 g/mol. The molecule has 1 aromatic carbocycles. The molecule has 0 unspecified atom stereocenters. The van der Waals surface area contributed by atoms with Crippen LogP contribution in [0.4, 0.5) is 11.8 Å². The van der Waals surface area contributed by atoms with Crippen molar-refractivity contribution in [2.45, 2.75) is 32.7 Å². The van der Waals surface area contributed by atoms with E-state index in [-0.39, 0.29) is 18.8 Å². The van der Waals surface area contributed by atoms with Gasteiger partial charge < -0.3 is 29.1 Å². The van der Waals surface area contributed by atoms with E-state index in [0.717, 1.165) is 54.2 Å². The molecule has 2 atom stereocenters. The number of morpholine rings is 2. The van der Waals surface area contributed by atoms with Crippen molar-refractivity contribution in [3.63, 3.8) is 0 Å². The largest absolute Gasteiger partial charge is 0.496 e. The lowest BCUT2D eigenvalue weighted by Crippen LogP contribution is -2.46. The van der Waals surface area contributed by atoms with Gasteiger partial charge in [0.1, 0.15) is 11.6 Å². The highest BCUT2D eigenvalue weighted by Crippen LogP contribution is 2.31. The Balaban J connectivity index is 1.61. The first-order valence-corrected chi connectivity index (χ1v) is 11.8. The molecule has 34 heavy (non-hydrogen) atoms. The molecule has 2 aliphatic heterocycles. The molecule has 4 heterocycles. The summed E-state index contributed by atoms with van der Waals surface area (Å²) in [5, 5.41) is 10.7. The lowest BCUT2D eigenvalue weighted by atomic mass is 10.1. The Bertz CT molecular complexity index is 1160. The molecule has 0 saturated carbocycles. The van der Waals surface area contributed by atoms with Gasteiger partial charge in [-0.3, -0.25) is 0 Å². The van der Waals surface area contributed by atoms with Crippen LogP contribution in [0.5, 0.6) is 5.75 Å². The van der Waals surface area contributed by atoms with Gasteiger partial charge in [-0.25, -0.2) is 4.98 Å². The van der Waals surface area contributed by atoms with E-state index in [0.29, 0.717) is 30.6 Å². The van der Waals surface area contributed by atoms with Crippen LogP contribution in [0.15, 0.2) is 30.3 Å². The maximum atomic E-state index is 9.74. The molecule has 0 aliphatic carbocycles. The maximum Gasteiger partial charge on any atom is 0.229 e. The molecule has 2 saturated heterocycles. The van der Waals surface area contributed by atoms with E-state index in [2.05, 4.69) is 23.6 Å². The molecular formula is C25H31N5O4. The van der Waals surface area contributed by atoms with Gasteiger partial charge in [0.05, 0.1) is 50.2 Å². The molecule has 3 aromatic rings. The lowest BCUT2D eigenvalue weighted by Gasteiger charge is -2.36. The molecule has 2 aliphatic rings. The van der Waals surface area contributed by atoms with Crippen LogP contribution in [0.1, 0.15) is 19.4 Å². The molecule has 0 spiro atoms. The SMILES string of the molecule is COc1ccc(-c2ccc3c(N4CCOCC4)nc(N4C[C@@H](C)O[C@H](C)C4)nc3n2)cc1CO. The first-order valence-electron chi connectivity index (χ1n) is 11.8. The molecule has 5 rings (SSSR count). The molecule has 0 amide bonds. The third-order valence-electron chi connectivity index (χ3n) is 6.29. The van der Waals surface area contributed by atoms with Crippen molar-refractivity contribution < 1.29 is 19.3 Å². The van der Waals surface area contributed by atoms with E-state index in [1.54, 1.807) is 7.11 Å². The number of rotatable bonds is 5. The summed E-state index contributed by atoms with van der Waals surface area (Å²) in [5.41, 5.74) is 3.05. The zero-order chi connectivity index (χ0) is 23.7. The molecular weight excluding hydrogens is 434 g/mol. The van der Waals surface area contributed by atoms with Crippen LogP contribution in [-0.4, -0.2) is 78.8 Å². The summed E-state index contributed by atoms with van der Waals surface area (Å²) in [6.45, 7) is 8.42. The fraction of sp³-hybridized carbons (Fsp3) is 0.480. The van der Waals surface area contributed by atoms with Gasteiger partial charge >= 0.3 is 0 Å². The van der Waals surface area contributed by atoms with Crippen LogP contribution in [0.25, 0.3) is 22.3 Å². The molecule has 1 N–H and O–H groups in total.